The highest BCUT2D eigenvalue weighted by atomic mass is 16.5. The third-order valence-electron chi connectivity index (χ3n) is 2.74. The molecule has 0 aliphatic carbocycles. The fourth-order valence-corrected chi connectivity index (χ4v) is 1.80. The van der Waals surface area contributed by atoms with Crippen molar-refractivity contribution in [2.75, 3.05) is 13.3 Å². The first-order chi connectivity index (χ1) is 9.26. The van der Waals surface area contributed by atoms with Gasteiger partial charge in [0.15, 0.2) is 6.73 Å². The summed E-state index contributed by atoms with van der Waals surface area (Å²) >= 11 is 0. The maximum atomic E-state index is 5.71. The molecule has 1 aliphatic rings. The third kappa shape index (κ3) is 4.18. The quantitative estimate of drug-likeness (QED) is 0.662. The Kier molecular flexibility index (Phi) is 6.23. The van der Waals surface area contributed by atoms with E-state index in [0.29, 0.717) is 6.73 Å². The van der Waals surface area contributed by atoms with Crippen molar-refractivity contribution in [1.29, 1.82) is 0 Å². The molecule has 0 unspecified atom stereocenters. The van der Waals surface area contributed by atoms with Crippen LogP contribution in [-0.4, -0.2) is 18.2 Å². The summed E-state index contributed by atoms with van der Waals surface area (Å²) in [6.45, 7) is 14.5. The van der Waals surface area contributed by atoms with Crippen LogP contribution < -0.4 is 0 Å². The van der Waals surface area contributed by atoms with Crippen molar-refractivity contribution in [3.8, 4) is 0 Å². The van der Waals surface area contributed by atoms with Gasteiger partial charge in [-0.2, -0.15) is 0 Å². The van der Waals surface area contributed by atoms with Crippen molar-refractivity contribution in [3.63, 3.8) is 0 Å². The summed E-state index contributed by atoms with van der Waals surface area (Å²) in [5.41, 5.74) is 2.19. The predicted octanol–water partition coefficient (Wildman–Crippen LogP) is 4.10. The Balaban J connectivity index is 2.93. The van der Waals surface area contributed by atoms with Gasteiger partial charge in [0.1, 0.15) is 5.76 Å². The molecule has 0 bridgehead atoms. The van der Waals surface area contributed by atoms with Crippen LogP contribution in [0.25, 0.3) is 0 Å². The van der Waals surface area contributed by atoms with E-state index in [9.17, 15) is 0 Å². The lowest BCUT2D eigenvalue weighted by molar-refractivity contribution is 0.0921. The van der Waals surface area contributed by atoms with Gasteiger partial charge in [0, 0.05) is 17.8 Å². The fraction of sp³-hybridized carbons (Fsp3) is 0.176. The minimum atomic E-state index is 0.522. The van der Waals surface area contributed by atoms with Crippen LogP contribution in [0.5, 0.6) is 0 Å². The van der Waals surface area contributed by atoms with Gasteiger partial charge in [-0.25, -0.2) is 0 Å². The van der Waals surface area contributed by atoms with Crippen LogP contribution >= 0.6 is 0 Å². The maximum Gasteiger partial charge on any atom is 0.161 e. The van der Waals surface area contributed by atoms with Crippen LogP contribution in [0.2, 0.25) is 0 Å². The molecule has 19 heavy (non-hydrogen) atoms. The van der Waals surface area contributed by atoms with Gasteiger partial charge in [-0.3, -0.25) is 0 Å². The van der Waals surface area contributed by atoms with Crippen molar-refractivity contribution in [1.82, 2.24) is 4.90 Å². The van der Waals surface area contributed by atoms with Gasteiger partial charge in [0.25, 0.3) is 0 Å². The third-order valence-corrected chi connectivity index (χ3v) is 2.74. The summed E-state index contributed by atoms with van der Waals surface area (Å²) in [5.74, 6) is 0.831. The molecule has 0 fully saturated rings. The first-order valence-electron chi connectivity index (χ1n) is 6.24. The Bertz CT molecular complexity index is 464. The monoisotopic (exact) mass is 255 g/mol. The van der Waals surface area contributed by atoms with E-state index in [4.69, 9.17) is 4.74 Å². The van der Waals surface area contributed by atoms with Gasteiger partial charge in [-0.1, -0.05) is 56.2 Å². The predicted molar refractivity (Wildman–Crippen MR) is 82.3 cm³/mol. The first kappa shape index (κ1) is 14.8. The zero-order valence-electron chi connectivity index (χ0n) is 11.5. The van der Waals surface area contributed by atoms with Gasteiger partial charge in [0.05, 0.1) is 0 Å². The average molecular weight is 255 g/mol. The Hall–Kier alpha value is -2.22. The van der Waals surface area contributed by atoms with Gasteiger partial charge < -0.3 is 9.64 Å². The summed E-state index contributed by atoms with van der Waals surface area (Å²) in [7, 11) is 0. The lowest BCUT2D eigenvalue weighted by atomic mass is 10.1. The highest BCUT2D eigenvalue weighted by molar-refractivity contribution is 5.34. The molecule has 1 heterocycles. The van der Waals surface area contributed by atoms with Crippen molar-refractivity contribution in [2.45, 2.75) is 6.92 Å². The molecule has 2 heteroatoms. The van der Waals surface area contributed by atoms with E-state index in [1.54, 1.807) is 18.2 Å². The van der Waals surface area contributed by atoms with Crippen LogP contribution in [0.1, 0.15) is 6.92 Å². The molecule has 2 nitrogen and oxygen atoms in total. The second-order valence-electron chi connectivity index (χ2n) is 3.97. The van der Waals surface area contributed by atoms with Crippen LogP contribution in [-0.2, 0) is 4.74 Å². The van der Waals surface area contributed by atoms with Crippen LogP contribution in [0.3, 0.4) is 0 Å². The minimum absolute atomic E-state index is 0.522. The van der Waals surface area contributed by atoms with Gasteiger partial charge >= 0.3 is 0 Å². The van der Waals surface area contributed by atoms with Gasteiger partial charge in [0.2, 0.25) is 0 Å². The topological polar surface area (TPSA) is 12.5 Å². The number of nitrogens with zero attached hydrogens (tertiary/aromatic N) is 1. The molecule has 0 amide bonds. The largest absolute Gasteiger partial charge is 0.473 e. The summed E-state index contributed by atoms with van der Waals surface area (Å²) in [4.78, 5) is 2.15. The molecule has 0 atom stereocenters. The summed E-state index contributed by atoms with van der Waals surface area (Å²) in [6, 6.07) is 0. The smallest absolute Gasteiger partial charge is 0.161 e. The lowest BCUT2D eigenvalue weighted by Crippen LogP contribution is -2.31. The Labute approximate surface area is 116 Å². The van der Waals surface area contributed by atoms with E-state index < -0.39 is 0 Å². The van der Waals surface area contributed by atoms with E-state index in [0.717, 1.165) is 23.6 Å². The molecule has 0 radical (unpaired) electrons. The molecular weight excluding hydrogens is 234 g/mol. The molecule has 0 aromatic heterocycles. The molecule has 1 aliphatic heterocycles. The second-order valence-corrected chi connectivity index (χ2v) is 3.97. The van der Waals surface area contributed by atoms with Crippen LogP contribution in [0, 0.1) is 0 Å². The van der Waals surface area contributed by atoms with Gasteiger partial charge in [-0.15, -0.1) is 0 Å². The first-order valence-corrected chi connectivity index (χ1v) is 6.24. The van der Waals surface area contributed by atoms with Crippen molar-refractivity contribution in [2.24, 2.45) is 0 Å². The average Bonchev–Trinajstić information content (AvgIpc) is 2.46. The Morgan fingerprint density at radius 1 is 1.21 bits per heavy atom. The molecular formula is C17H21NO. The standard InChI is InChI=1S/C17H21NO/c1-5-9-11-15-13-18(14-19-17(15)8-4)16(7-3)12-10-6-2/h5-12H,1-2,4,13-14H2,3H3/b11-9-,12-10-,16-7+. The summed E-state index contributed by atoms with van der Waals surface area (Å²) < 4.78 is 5.71. The number of hydrogen-bond donors (Lipinski definition) is 0. The molecule has 0 spiro atoms. The van der Waals surface area contributed by atoms with Crippen LogP contribution in [0.4, 0.5) is 0 Å². The number of rotatable bonds is 6. The van der Waals surface area contributed by atoms with Crippen LogP contribution in [0.15, 0.2) is 85.4 Å². The second kappa shape index (κ2) is 7.98. The molecule has 0 N–H and O–H groups in total. The van der Waals surface area contributed by atoms with E-state index in [2.05, 4.69) is 30.7 Å². The lowest BCUT2D eigenvalue weighted by Gasteiger charge is -2.31. The van der Waals surface area contributed by atoms with E-state index in [1.807, 2.05) is 31.2 Å². The van der Waals surface area contributed by atoms with Crippen molar-refractivity contribution < 1.29 is 4.74 Å². The summed E-state index contributed by atoms with van der Waals surface area (Å²) in [6.07, 6.45) is 15.2. The highest BCUT2D eigenvalue weighted by Gasteiger charge is 2.17. The molecule has 0 aromatic rings. The van der Waals surface area contributed by atoms with Gasteiger partial charge in [-0.05, 0) is 19.1 Å². The zero-order chi connectivity index (χ0) is 14.1. The van der Waals surface area contributed by atoms with Crippen molar-refractivity contribution >= 4 is 0 Å². The number of allylic oxidation sites excluding steroid dienone is 7. The Morgan fingerprint density at radius 3 is 2.53 bits per heavy atom. The molecule has 0 aromatic carbocycles. The normalized spacial score (nSPS) is 16.9. The zero-order valence-corrected chi connectivity index (χ0v) is 11.5. The SMILES string of the molecule is C=C/C=C\C1=C(C=C)OCN(C(/C=C\C=C)=C/C)C1. The van der Waals surface area contributed by atoms with Crippen molar-refractivity contribution in [3.05, 3.63) is 85.4 Å². The Morgan fingerprint density at radius 2 is 1.95 bits per heavy atom. The molecule has 0 saturated carbocycles. The van der Waals surface area contributed by atoms with E-state index >= 15 is 0 Å². The maximum absolute atomic E-state index is 5.71. The molecule has 100 valence electrons. The highest BCUT2D eigenvalue weighted by Crippen LogP contribution is 2.21. The van der Waals surface area contributed by atoms with E-state index in [1.165, 1.54) is 0 Å². The molecule has 1 rings (SSSR count). The van der Waals surface area contributed by atoms with E-state index in [-0.39, 0.29) is 0 Å². The fourth-order valence-electron chi connectivity index (χ4n) is 1.80. The molecule has 0 saturated heterocycles. The summed E-state index contributed by atoms with van der Waals surface area (Å²) in [5, 5.41) is 0. The minimum Gasteiger partial charge on any atom is -0.473 e. The number of hydrogen-bond acceptors (Lipinski definition) is 2. The number of ether oxygens (including phenoxy) is 1.